The molecule has 3 atom stereocenters. The van der Waals surface area contributed by atoms with Crippen LogP contribution < -0.4 is 0 Å². The zero-order chi connectivity index (χ0) is 12.5. The Kier molecular flexibility index (Phi) is 3.11. The van der Waals surface area contributed by atoms with Crippen LogP contribution in [0.2, 0.25) is 5.02 Å². The van der Waals surface area contributed by atoms with Gasteiger partial charge in [-0.1, -0.05) is 54.1 Å². The van der Waals surface area contributed by atoms with Crippen molar-refractivity contribution in [2.75, 3.05) is 0 Å². The quantitative estimate of drug-likeness (QED) is 0.742. The van der Waals surface area contributed by atoms with Crippen LogP contribution in [0, 0.1) is 0 Å². The minimum absolute atomic E-state index is 0.571. The lowest BCUT2D eigenvalue weighted by Crippen LogP contribution is -2.00. The number of benzene rings is 2. The van der Waals surface area contributed by atoms with Crippen LogP contribution in [0.1, 0.15) is 24.1 Å². The summed E-state index contributed by atoms with van der Waals surface area (Å²) < 4.78 is 0. The zero-order valence-corrected chi connectivity index (χ0v) is 11.1. The molecule has 0 bridgehead atoms. The van der Waals surface area contributed by atoms with E-state index in [4.69, 9.17) is 11.6 Å². The summed E-state index contributed by atoms with van der Waals surface area (Å²) in [6.45, 7) is 3.28. The van der Waals surface area contributed by atoms with Gasteiger partial charge >= 0.3 is 0 Å². The van der Waals surface area contributed by atoms with Crippen LogP contribution in [0.5, 0.6) is 0 Å². The molecule has 92 valence electrons. The highest BCUT2D eigenvalue weighted by molar-refractivity contribution is 6.30. The van der Waals surface area contributed by atoms with Crippen LogP contribution >= 0.6 is 11.6 Å². The molecule has 1 saturated heterocycles. The van der Waals surface area contributed by atoms with Gasteiger partial charge in [0.05, 0.1) is 6.04 Å². The van der Waals surface area contributed by atoms with Crippen molar-refractivity contribution in [3.63, 3.8) is 0 Å². The fourth-order valence-corrected chi connectivity index (χ4v) is 2.70. The Morgan fingerprint density at radius 1 is 1.00 bits per heavy atom. The summed E-state index contributed by atoms with van der Waals surface area (Å²) in [7, 11) is 0. The molecule has 0 radical (unpaired) electrons. The molecule has 2 aromatic rings. The molecular formula is C16H16ClN. The van der Waals surface area contributed by atoms with E-state index in [0.717, 1.165) is 11.6 Å². The van der Waals surface area contributed by atoms with Gasteiger partial charge in [0.1, 0.15) is 0 Å². The van der Waals surface area contributed by atoms with Gasteiger partial charge < -0.3 is 0 Å². The van der Waals surface area contributed by atoms with Crippen molar-refractivity contribution in [1.29, 1.82) is 0 Å². The van der Waals surface area contributed by atoms with Gasteiger partial charge in [-0.15, -0.1) is 0 Å². The molecule has 1 fully saturated rings. The van der Waals surface area contributed by atoms with Gasteiger partial charge in [-0.2, -0.15) is 0 Å². The average Bonchev–Trinajstić information content (AvgIpc) is 3.03. The van der Waals surface area contributed by atoms with Crippen molar-refractivity contribution in [3.8, 4) is 0 Å². The van der Waals surface area contributed by atoms with Crippen molar-refractivity contribution in [3.05, 3.63) is 70.7 Å². The highest BCUT2D eigenvalue weighted by Crippen LogP contribution is 2.43. The molecule has 0 saturated carbocycles. The van der Waals surface area contributed by atoms with Crippen molar-refractivity contribution >= 4 is 11.6 Å². The molecule has 18 heavy (non-hydrogen) atoms. The molecule has 3 rings (SSSR count). The van der Waals surface area contributed by atoms with Gasteiger partial charge in [-0.05, 0) is 30.2 Å². The second-order valence-corrected chi connectivity index (χ2v) is 5.33. The van der Waals surface area contributed by atoms with E-state index in [1.54, 1.807) is 0 Å². The Morgan fingerprint density at radius 3 is 2.33 bits per heavy atom. The van der Waals surface area contributed by atoms with Crippen molar-refractivity contribution in [1.82, 2.24) is 4.90 Å². The predicted molar refractivity (Wildman–Crippen MR) is 75.6 cm³/mol. The Hall–Kier alpha value is -1.31. The molecule has 0 amide bonds. The maximum Gasteiger partial charge on any atom is 0.0508 e. The Labute approximate surface area is 113 Å². The average molecular weight is 258 g/mol. The lowest BCUT2D eigenvalue weighted by molar-refractivity contribution is 0.484. The van der Waals surface area contributed by atoms with Crippen molar-refractivity contribution < 1.29 is 0 Å². The molecular weight excluding hydrogens is 242 g/mol. The summed E-state index contributed by atoms with van der Waals surface area (Å²) in [6, 6.07) is 20.1. The fraction of sp³-hybridized carbons (Fsp3) is 0.250. The smallest absolute Gasteiger partial charge is 0.0508 e. The van der Waals surface area contributed by atoms with Crippen LogP contribution in [-0.2, 0) is 6.54 Å². The maximum atomic E-state index is 5.90. The molecule has 0 spiro atoms. The first kappa shape index (κ1) is 11.8. The highest BCUT2D eigenvalue weighted by atomic mass is 35.5. The summed E-state index contributed by atoms with van der Waals surface area (Å²) in [5, 5.41) is 0.803. The van der Waals surface area contributed by atoms with Gasteiger partial charge in [0, 0.05) is 17.6 Å². The number of rotatable bonds is 3. The summed E-state index contributed by atoms with van der Waals surface area (Å²) in [6.07, 6.45) is 0. The Morgan fingerprint density at radius 2 is 1.67 bits per heavy atom. The SMILES string of the molecule is C[C@@H]1[C@H](c2ccccc2)N1Cc1ccc(Cl)cc1. The lowest BCUT2D eigenvalue weighted by atomic mass is 10.1. The molecule has 2 aromatic carbocycles. The summed E-state index contributed by atoms with van der Waals surface area (Å²) in [4.78, 5) is 2.50. The minimum Gasteiger partial charge on any atom is -0.286 e. The predicted octanol–water partition coefficient (Wildman–Crippen LogP) is 4.29. The molecule has 1 unspecified atom stereocenters. The van der Waals surface area contributed by atoms with E-state index in [1.165, 1.54) is 11.1 Å². The first-order chi connectivity index (χ1) is 8.75. The van der Waals surface area contributed by atoms with Gasteiger partial charge in [-0.3, -0.25) is 4.90 Å². The molecule has 2 heteroatoms. The normalized spacial score (nSPS) is 26.0. The van der Waals surface area contributed by atoms with Crippen LogP contribution in [0.3, 0.4) is 0 Å². The third-order valence-electron chi connectivity index (χ3n) is 3.67. The Balaban J connectivity index is 1.71. The zero-order valence-electron chi connectivity index (χ0n) is 10.4. The summed E-state index contributed by atoms with van der Waals surface area (Å²) in [5.74, 6) is 0. The van der Waals surface area contributed by atoms with E-state index in [1.807, 2.05) is 12.1 Å². The van der Waals surface area contributed by atoms with Gasteiger partial charge in [0.15, 0.2) is 0 Å². The second-order valence-electron chi connectivity index (χ2n) is 4.89. The number of nitrogens with zero attached hydrogens (tertiary/aromatic N) is 1. The first-order valence-electron chi connectivity index (χ1n) is 6.31. The van der Waals surface area contributed by atoms with Gasteiger partial charge in [-0.25, -0.2) is 0 Å². The molecule has 1 aliphatic rings. The summed E-state index contributed by atoms with van der Waals surface area (Å²) >= 11 is 5.90. The van der Waals surface area contributed by atoms with Crippen LogP contribution in [-0.4, -0.2) is 10.9 Å². The first-order valence-corrected chi connectivity index (χ1v) is 6.68. The van der Waals surface area contributed by atoms with Crippen molar-refractivity contribution in [2.24, 2.45) is 0 Å². The van der Waals surface area contributed by atoms with E-state index in [2.05, 4.69) is 54.3 Å². The topological polar surface area (TPSA) is 3.01 Å². The molecule has 1 nitrogen and oxygen atoms in total. The minimum atomic E-state index is 0.571. The van der Waals surface area contributed by atoms with Gasteiger partial charge in [0.2, 0.25) is 0 Å². The number of hydrogen-bond acceptors (Lipinski definition) is 1. The third kappa shape index (κ3) is 2.29. The van der Waals surface area contributed by atoms with E-state index in [0.29, 0.717) is 12.1 Å². The van der Waals surface area contributed by atoms with Crippen LogP contribution in [0.25, 0.3) is 0 Å². The third-order valence-corrected chi connectivity index (χ3v) is 3.92. The van der Waals surface area contributed by atoms with Crippen molar-refractivity contribution in [2.45, 2.75) is 25.6 Å². The lowest BCUT2D eigenvalue weighted by Gasteiger charge is -2.04. The van der Waals surface area contributed by atoms with E-state index in [9.17, 15) is 0 Å². The van der Waals surface area contributed by atoms with Crippen LogP contribution in [0.15, 0.2) is 54.6 Å². The summed E-state index contributed by atoms with van der Waals surface area (Å²) in [5.41, 5.74) is 2.74. The van der Waals surface area contributed by atoms with Crippen LogP contribution in [0.4, 0.5) is 0 Å². The molecule has 1 heterocycles. The fourth-order valence-electron chi connectivity index (χ4n) is 2.57. The second kappa shape index (κ2) is 4.75. The number of halogens is 1. The largest absolute Gasteiger partial charge is 0.286 e. The van der Waals surface area contributed by atoms with Gasteiger partial charge in [0.25, 0.3) is 0 Å². The Bertz CT molecular complexity index is 521. The number of hydrogen-bond donors (Lipinski definition) is 0. The van der Waals surface area contributed by atoms with E-state index in [-0.39, 0.29) is 0 Å². The monoisotopic (exact) mass is 257 g/mol. The standard InChI is InChI=1S/C16H16ClN/c1-12-16(14-5-3-2-4-6-14)18(12)11-13-7-9-15(17)10-8-13/h2-10,12,16H,11H2,1H3/t12-,16-,18?/m1/s1. The molecule has 0 N–H and O–H groups in total. The van der Waals surface area contributed by atoms with E-state index < -0.39 is 0 Å². The maximum absolute atomic E-state index is 5.90. The highest BCUT2D eigenvalue weighted by Gasteiger charge is 2.44. The molecule has 1 aliphatic heterocycles. The molecule has 0 aliphatic carbocycles. The molecule has 0 aromatic heterocycles. The van der Waals surface area contributed by atoms with E-state index >= 15 is 0 Å².